The number of carbonyl (C=O) groups is 4. The summed E-state index contributed by atoms with van der Waals surface area (Å²) < 4.78 is 5.51. The molecule has 2 aliphatic rings. The number of alkyl carbamates (subject to hydrolysis) is 1. The van der Waals surface area contributed by atoms with E-state index < -0.39 is 41.3 Å². The van der Waals surface area contributed by atoms with E-state index in [1.807, 2.05) is 36.4 Å². The molecule has 1 fully saturated rings. The van der Waals surface area contributed by atoms with Crippen LogP contribution in [0.1, 0.15) is 37.3 Å². The summed E-state index contributed by atoms with van der Waals surface area (Å²) in [7, 11) is 0. The van der Waals surface area contributed by atoms with Crippen LogP contribution in [0.15, 0.2) is 48.5 Å². The molecule has 0 bridgehead atoms. The summed E-state index contributed by atoms with van der Waals surface area (Å²) in [6, 6.07) is 15.0. The predicted molar refractivity (Wildman–Crippen MR) is 128 cm³/mol. The molecule has 9 nitrogen and oxygen atoms in total. The van der Waals surface area contributed by atoms with Gasteiger partial charge in [0.15, 0.2) is 0 Å². The maximum absolute atomic E-state index is 12.7. The third-order valence-corrected chi connectivity index (χ3v) is 6.76. The molecular weight excluding hydrogens is 450 g/mol. The Morgan fingerprint density at radius 2 is 1.66 bits per heavy atom. The molecular formula is C26H29N3O6. The number of benzene rings is 2. The summed E-state index contributed by atoms with van der Waals surface area (Å²) >= 11 is 0. The van der Waals surface area contributed by atoms with Crippen LogP contribution in [0, 0.1) is 11.3 Å². The van der Waals surface area contributed by atoms with E-state index >= 15 is 0 Å². The average Bonchev–Trinajstić information content (AvgIpc) is 3.35. The van der Waals surface area contributed by atoms with Gasteiger partial charge in [0.1, 0.15) is 18.6 Å². The SMILES string of the molecule is CC(C)(CCNC(=O)OCC1c2ccccc2-c2ccccc21)C(=O)NC1C(=O)NCC1C(=O)O. The monoisotopic (exact) mass is 479 g/mol. The molecule has 2 aromatic carbocycles. The molecule has 9 heteroatoms. The Morgan fingerprint density at radius 1 is 1.06 bits per heavy atom. The van der Waals surface area contributed by atoms with E-state index in [0.29, 0.717) is 0 Å². The van der Waals surface area contributed by atoms with E-state index in [1.54, 1.807) is 13.8 Å². The number of amides is 3. The molecule has 2 aromatic rings. The van der Waals surface area contributed by atoms with Gasteiger partial charge in [-0.05, 0) is 28.7 Å². The average molecular weight is 480 g/mol. The number of hydrogen-bond acceptors (Lipinski definition) is 5. The van der Waals surface area contributed by atoms with Gasteiger partial charge in [-0.3, -0.25) is 14.4 Å². The molecule has 1 aliphatic heterocycles. The Hall–Kier alpha value is -3.88. The lowest BCUT2D eigenvalue weighted by atomic mass is 9.87. The molecule has 0 aromatic heterocycles. The minimum absolute atomic E-state index is 0.0249. The molecule has 0 spiro atoms. The summed E-state index contributed by atoms with van der Waals surface area (Å²) in [6.45, 7) is 3.69. The van der Waals surface area contributed by atoms with Crippen molar-refractivity contribution in [1.82, 2.24) is 16.0 Å². The van der Waals surface area contributed by atoms with Gasteiger partial charge in [-0.2, -0.15) is 0 Å². The second kappa shape index (κ2) is 9.77. The molecule has 0 radical (unpaired) electrons. The highest BCUT2D eigenvalue weighted by atomic mass is 16.5. The second-order valence-corrected chi connectivity index (χ2v) is 9.53. The Bertz CT molecular complexity index is 1120. The van der Waals surface area contributed by atoms with Crippen molar-refractivity contribution in [2.24, 2.45) is 11.3 Å². The maximum Gasteiger partial charge on any atom is 0.407 e. The number of carboxylic acids is 1. The lowest BCUT2D eigenvalue weighted by molar-refractivity contribution is -0.143. The van der Waals surface area contributed by atoms with E-state index in [4.69, 9.17) is 4.74 Å². The summed E-state index contributed by atoms with van der Waals surface area (Å²) in [6.07, 6.45) is -0.307. The molecule has 2 atom stereocenters. The van der Waals surface area contributed by atoms with E-state index in [-0.39, 0.29) is 32.0 Å². The molecule has 184 valence electrons. The van der Waals surface area contributed by atoms with Gasteiger partial charge in [0.25, 0.3) is 0 Å². The maximum atomic E-state index is 12.7. The number of hydrogen-bond donors (Lipinski definition) is 4. The molecule has 1 aliphatic carbocycles. The number of aliphatic carboxylic acids is 1. The Morgan fingerprint density at radius 3 is 2.26 bits per heavy atom. The standard InChI is InChI=1S/C26H29N3O6/c1-26(2,24(33)29-21-19(23(31)32)13-28-22(21)30)11-12-27-25(34)35-14-20-17-9-5-3-7-15(17)16-8-4-6-10-18(16)20/h3-10,19-21H,11-14H2,1-2H3,(H,27,34)(H,28,30)(H,29,33)(H,31,32). The van der Waals surface area contributed by atoms with Gasteiger partial charge in [0, 0.05) is 24.4 Å². The van der Waals surface area contributed by atoms with Crippen LogP contribution in [0.4, 0.5) is 4.79 Å². The van der Waals surface area contributed by atoms with Crippen molar-refractivity contribution in [2.75, 3.05) is 19.7 Å². The number of carboxylic acid groups (broad SMARTS) is 1. The van der Waals surface area contributed by atoms with Gasteiger partial charge < -0.3 is 25.8 Å². The lowest BCUT2D eigenvalue weighted by Crippen LogP contribution is -2.50. The van der Waals surface area contributed by atoms with Crippen LogP contribution in [-0.4, -0.2) is 54.7 Å². The van der Waals surface area contributed by atoms with Crippen molar-refractivity contribution in [1.29, 1.82) is 0 Å². The Kier molecular flexibility index (Phi) is 6.77. The minimum Gasteiger partial charge on any atom is -0.481 e. The van der Waals surface area contributed by atoms with Crippen LogP contribution in [-0.2, 0) is 19.1 Å². The highest BCUT2D eigenvalue weighted by Crippen LogP contribution is 2.44. The van der Waals surface area contributed by atoms with Gasteiger partial charge in [-0.25, -0.2) is 4.79 Å². The van der Waals surface area contributed by atoms with Crippen molar-refractivity contribution in [3.63, 3.8) is 0 Å². The zero-order chi connectivity index (χ0) is 25.2. The zero-order valence-electron chi connectivity index (χ0n) is 19.7. The molecule has 35 heavy (non-hydrogen) atoms. The van der Waals surface area contributed by atoms with Crippen LogP contribution in [0.2, 0.25) is 0 Å². The van der Waals surface area contributed by atoms with Gasteiger partial charge in [0.2, 0.25) is 11.8 Å². The van der Waals surface area contributed by atoms with Crippen LogP contribution in [0.25, 0.3) is 11.1 Å². The van der Waals surface area contributed by atoms with Gasteiger partial charge in [-0.15, -0.1) is 0 Å². The first-order valence-corrected chi connectivity index (χ1v) is 11.6. The molecule has 3 amide bonds. The lowest BCUT2D eigenvalue weighted by Gasteiger charge is -2.26. The third kappa shape index (κ3) is 4.99. The number of fused-ring (bicyclic) bond motifs is 3. The molecule has 0 saturated carbocycles. The normalized spacial score (nSPS) is 18.9. The van der Waals surface area contributed by atoms with Crippen LogP contribution >= 0.6 is 0 Å². The Balaban J connectivity index is 1.27. The molecule has 4 N–H and O–H groups in total. The smallest absolute Gasteiger partial charge is 0.407 e. The topological polar surface area (TPSA) is 134 Å². The molecule has 1 saturated heterocycles. The number of nitrogens with one attached hydrogen (secondary N) is 3. The number of ether oxygens (including phenoxy) is 1. The quantitative estimate of drug-likeness (QED) is 0.459. The third-order valence-electron chi connectivity index (χ3n) is 6.76. The first kappa shape index (κ1) is 24.3. The highest BCUT2D eigenvalue weighted by molar-refractivity contribution is 5.95. The Labute approximate surface area is 203 Å². The molecule has 1 heterocycles. The number of carbonyl (C=O) groups excluding carboxylic acids is 3. The van der Waals surface area contributed by atoms with Crippen LogP contribution < -0.4 is 16.0 Å². The van der Waals surface area contributed by atoms with Crippen molar-refractivity contribution in [3.8, 4) is 11.1 Å². The largest absolute Gasteiger partial charge is 0.481 e. The summed E-state index contributed by atoms with van der Waals surface area (Å²) in [4.78, 5) is 48.3. The van der Waals surface area contributed by atoms with Crippen LogP contribution in [0.3, 0.4) is 0 Å². The van der Waals surface area contributed by atoms with E-state index in [1.165, 1.54) is 0 Å². The fourth-order valence-corrected chi connectivity index (χ4v) is 4.59. The fourth-order valence-electron chi connectivity index (χ4n) is 4.59. The fraction of sp³-hybridized carbons (Fsp3) is 0.385. The van der Waals surface area contributed by atoms with Crippen molar-refractivity contribution in [2.45, 2.75) is 32.2 Å². The second-order valence-electron chi connectivity index (χ2n) is 9.53. The number of rotatable bonds is 8. The minimum atomic E-state index is -1.15. The van der Waals surface area contributed by atoms with Crippen molar-refractivity contribution >= 4 is 23.9 Å². The van der Waals surface area contributed by atoms with Crippen molar-refractivity contribution in [3.05, 3.63) is 59.7 Å². The first-order valence-electron chi connectivity index (χ1n) is 11.6. The van der Waals surface area contributed by atoms with Gasteiger partial charge in [0.05, 0.1) is 0 Å². The molecule has 2 unspecified atom stereocenters. The molecule has 4 rings (SSSR count). The zero-order valence-corrected chi connectivity index (χ0v) is 19.7. The summed E-state index contributed by atoms with van der Waals surface area (Å²) in [5, 5.41) is 16.9. The van der Waals surface area contributed by atoms with E-state index in [2.05, 4.69) is 28.1 Å². The van der Waals surface area contributed by atoms with Crippen molar-refractivity contribution < 1.29 is 29.0 Å². The summed E-state index contributed by atoms with van der Waals surface area (Å²) in [5.41, 5.74) is 3.59. The predicted octanol–water partition coefficient (Wildman–Crippen LogP) is 2.26. The first-order chi connectivity index (χ1) is 16.7. The van der Waals surface area contributed by atoms with Crippen LogP contribution in [0.5, 0.6) is 0 Å². The summed E-state index contributed by atoms with van der Waals surface area (Å²) in [5.74, 6) is -3.18. The highest BCUT2D eigenvalue weighted by Gasteiger charge is 2.42. The van der Waals surface area contributed by atoms with E-state index in [9.17, 15) is 24.3 Å². The van der Waals surface area contributed by atoms with Gasteiger partial charge in [-0.1, -0.05) is 62.4 Å². The van der Waals surface area contributed by atoms with Gasteiger partial charge >= 0.3 is 12.1 Å². The van der Waals surface area contributed by atoms with E-state index in [0.717, 1.165) is 22.3 Å².